The molecule has 2 aliphatic rings. The standard InChI is InChI=1S/C7H13NS/c1-2-4-8-5-6-9-7(8)3-1/h7H,1-6H2/t7-/m1/s1. The van der Waals surface area contributed by atoms with E-state index in [9.17, 15) is 0 Å². The highest BCUT2D eigenvalue weighted by Gasteiger charge is 2.26. The van der Waals surface area contributed by atoms with Crippen LogP contribution in [0.5, 0.6) is 0 Å². The predicted octanol–water partition coefficient (Wildman–Crippen LogP) is 1.55. The van der Waals surface area contributed by atoms with E-state index in [1.165, 1.54) is 38.1 Å². The molecule has 52 valence electrons. The van der Waals surface area contributed by atoms with Crippen molar-refractivity contribution in [3.63, 3.8) is 0 Å². The van der Waals surface area contributed by atoms with Gasteiger partial charge in [0.1, 0.15) is 0 Å². The smallest absolute Gasteiger partial charge is 0.0557 e. The van der Waals surface area contributed by atoms with Crippen molar-refractivity contribution in [1.29, 1.82) is 0 Å². The van der Waals surface area contributed by atoms with Gasteiger partial charge in [-0.15, -0.1) is 11.8 Å². The lowest BCUT2D eigenvalue weighted by atomic mass is 10.1. The Labute approximate surface area is 60.8 Å². The molecule has 0 aromatic carbocycles. The number of hydrogen-bond donors (Lipinski definition) is 0. The number of piperidine rings is 1. The van der Waals surface area contributed by atoms with Crippen molar-refractivity contribution in [2.24, 2.45) is 0 Å². The highest BCUT2D eigenvalue weighted by atomic mass is 32.2. The summed E-state index contributed by atoms with van der Waals surface area (Å²) in [6, 6.07) is 0. The minimum absolute atomic E-state index is 0.916. The van der Waals surface area contributed by atoms with Crippen LogP contribution in [-0.2, 0) is 0 Å². The third-order valence-electron chi connectivity index (χ3n) is 2.24. The molecule has 0 saturated carbocycles. The second kappa shape index (κ2) is 2.51. The SMILES string of the molecule is C1CCN2CCS[C@@H]2C1. The third kappa shape index (κ3) is 1.10. The molecule has 2 fully saturated rings. The van der Waals surface area contributed by atoms with E-state index in [1.807, 2.05) is 0 Å². The Morgan fingerprint density at radius 2 is 2.22 bits per heavy atom. The van der Waals surface area contributed by atoms with Crippen LogP contribution in [0, 0.1) is 0 Å². The van der Waals surface area contributed by atoms with E-state index >= 15 is 0 Å². The topological polar surface area (TPSA) is 3.24 Å². The minimum atomic E-state index is 0.916. The summed E-state index contributed by atoms with van der Waals surface area (Å²) in [7, 11) is 0. The molecule has 2 aliphatic heterocycles. The largest absolute Gasteiger partial charge is 0.291 e. The van der Waals surface area contributed by atoms with Gasteiger partial charge < -0.3 is 0 Å². The van der Waals surface area contributed by atoms with Crippen LogP contribution >= 0.6 is 11.8 Å². The van der Waals surface area contributed by atoms with Gasteiger partial charge in [-0.25, -0.2) is 0 Å². The van der Waals surface area contributed by atoms with Gasteiger partial charge in [-0.2, -0.15) is 0 Å². The first-order chi connectivity index (χ1) is 4.47. The molecule has 1 nitrogen and oxygen atoms in total. The molecular formula is C7H13NS. The molecule has 0 aliphatic carbocycles. The average molecular weight is 143 g/mol. The fourth-order valence-electron chi connectivity index (χ4n) is 1.71. The van der Waals surface area contributed by atoms with Gasteiger partial charge in [0.05, 0.1) is 5.37 Å². The zero-order valence-corrected chi connectivity index (χ0v) is 6.49. The first kappa shape index (κ1) is 6.05. The second-order valence-corrected chi connectivity index (χ2v) is 4.14. The van der Waals surface area contributed by atoms with Gasteiger partial charge in [0, 0.05) is 12.3 Å². The van der Waals surface area contributed by atoms with Gasteiger partial charge in [0.2, 0.25) is 0 Å². The fourth-order valence-corrected chi connectivity index (χ4v) is 3.08. The van der Waals surface area contributed by atoms with Crippen molar-refractivity contribution in [3.8, 4) is 0 Å². The van der Waals surface area contributed by atoms with Gasteiger partial charge in [-0.05, 0) is 25.8 Å². The van der Waals surface area contributed by atoms with Crippen LogP contribution in [0.4, 0.5) is 0 Å². The van der Waals surface area contributed by atoms with Crippen LogP contribution in [0.15, 0.2) is 0 Å². The maximum Gasteiger partial charge on any atom is 0.0557 e. The second-order valence-electron chi connectivity index (χ2n) is 2.86. The van der Waals surface area contributed by atoms with Gasteiger partial charge in [-0.3, -0.25) is 4.90 Å². The molecule has 2 saturated heterocycles. The summed E-state index contributed by atoms with van der Waals surface area (Å²) in [4.78, 5) is 2.63. The summed E-state index contributed by atoms with van der Waals surface area (Å²) in [6.45, 7) is 2.73. The van der Waals surface area contributed by atoms with E-state index in [0.29, 0.717) is 0 Å². The van der Waals surface area contributed by atoms with Gasteiger partial charge >= 0.3 is 0 Å². The number of nitrogens with zero attached hydrogens (tertiary/aromatic N) is 1. The molecule has 0 amide bonds. The van der Waals surface area contributed by atoms with Crippen molar-refractivity contribution < 1.29 is 0 Å². The highest BCUT2D eigenvalue weighted by Crippen LogP contribution is 2.31. The molecule has 0 radical (unpaired) electrons. The fraction of sp³-hybridized carbons (Fsp3) is 1.00. The molecule has 0 N–H and O–H groups in total. The number of fused-ring (bicyclic) bond motifs is 1. The van der Waals surface area contributed by atoms with Crippen LogP contribution in [0.25, 0.3) is 0 Å². The molecule has 1 atom stereocenters. The van der Waals surface area contributed by atoms with Crippen LogP contribution < -0.4 is 0 Å². The van der Waals surface area contributed by atoms with Crippen molar-refractivity contribution in [2.75, 3.05) is 18.8 Å². The lowest BCUT2D eigenvalue weighted by Crippen LogP contribution is -2.32. The first-order valence-electron chi connectivity index (χ1n) is 3.82. The molecule has 2 rings (SSSR count). The molecule has 0 aromatic rings. The first-order valence-corrected chi connectivity index (χ1v) is 4.87. The molecule has 0 aromatic heterocycles. The van der Waals surface area contributed by atoms with E-state index in [1.54, 1.807) is 0 Å². The molecule has 0 unspecified atom stereocenters. The predicted molar refractivity (Wildman–Crippen MR) is 41.7 cm³/mol. The lowest BCUT2D eigenvalue weighted by Gasteiger charge is -2.27. The summed E-state index contributed by atoms with van der Waals surface area (Å²) in [5.41, 5.74) is 0. The maximum atomic E-state index is 2.63. The zero-order chi connectivity index (χ0) is 6.10. The highest BCUT2D eigenvalue weighted by molar-refractivity contribution is 8.00. The normalized spacial score (nSPS) is 36.7. The van der Waals surface area contributed by atoms with Crippen molar-refractivity contribution >= 4 is 11.8 Å². The lowest BCUT2D eigenvalue weighted by molar-refractivity contribution is 0.232. The van der Waals surface area contributed by atoms with E-state index in [4.69, 9.17) is 0 Å². The summed E-state index contributed by atoms with van der Waals surface area (Å²) in [6.07, 6.45) is 4.36. The number of thioether (sulfide) groups is 1. The van der Waals surface area contributed by atoms with Crippen molar-refractivity contribution in [2.45, 2.75) is 24.6 Å². The molecule has 0 spiro atoms. The Bertz CT molecular complexity index is 93.1. The molecule has 0 bridgehead atoms. The summed E-state index contributed by atoms with van der Waals surface area (Å²) in [5.74, 6) is 1.38. The van der Waals surface area contributed by atoms with Gasteiger partial charge in [-0.1, -0.05) is 0 Å². The van der Waals surface area contributed by atoms with Gasteiger partial charge in [0.15, 0.2) is 0 Å². The number of rotatable bonds is 0. The van der Waals surface area contributed by atoms with Crippen molar-refractivity contribution in [3.05, 3.63) is 0 Å². The zero-order valence-electron chi connectivity index (χ0n) is 5.68. The van der Waals surface area contributed by atoms with Crippen LogP contribution in [-0.4, -0.2) is 29.1 Å². The Morgan fingerprint density at radius 3 is 3.11 bits per heavy atom. The minimum Gasteiger partial charge on any atom is -0.291 e. The van der Waals surface area contributed by atoms with Crippen molar-refractivity contribution in [1.82, 2.24) is 4.90 Å². The Morgan fingerprint density at radius 1 is 1.22 bits per heavy atom. The molecule has 2 heteroatoms. The van der Waals surface area contributed by atoms with E-state index in [2.05, 4.69) is 16.7 Å². The monoisotopic (exact) mass is 143 g/mol. The third-order valence-corrected chi connectivity index (χ3v) is 3.58. The average Bonchev–Trinajstić information content (AvgIpc) is 2.33. The van der Waals surface area contributed by atoms with Crippen LogP contribution in [0.3, 0.4) is 0 Å². The number of hydrogen-bond acceptors (Lipinski definition) is 2. The molecule has 9 heavy (non-hydrogen) atoms. The van der Waals surface area contributed by atoms with E-state index in [0.717, 1.165) is 5.37 Å². The maximum absolute atomic E-state index is 2.63. The van der Waals surface area contributed by atoms with Crippen LogP contribution in [0.2, 0.25) is 0 Å². The quantitative estimate of drug-likeness (QED) is 0.506. The van der Waals surface area contributed by atoms with E-state index < -0.39 is 0 Å². The Kier molecular flexibility index (Phi) is 1.68. The van der Waals surface area contributed by atoms with E-state index in [-0.39, 0.29) is 0 Å². The molecule has 2 heterocycles. The summed E-state index contributed by atoms with van der Waals surface area (Å²) < 4.78 is 0. The van der Waals surface area contributed by atoms with Crippen LogP contribution in [0.1, 0.15) is 19.3 Å². The summed E-state index contributed by atoms with van der Waals surface area (Å²) >= 11 is 2.15. The summed E-state index contributed by atoms with van der Waals surface area (Å²) in [5, 5.41) is 0.916. The van der Waals surface area contributed by atoms with Gasteiger partial charge in [0.25, 0.3) is 0 Å². The molecular weight excluding hydrogens is 130 g/mol. The Hall–Kier alpha value is 0.310. The Balaban J connectivity index is 1.97.